The van der Waals surface area contributed by atoms with E-state index < -0.39 is 18.0 Å². The molecule has 0 saturated carbocycles. The van der Waals surface area contributed by atoms with Crippen molar-refractivity contribution >= 4 is 29.3 Å². The predicted molar refractivity (Wildman–Crippen MR) is 113 cm³/mol. The lowest BCUT2D eigenvalue weighted by atomic mass is 10.1. The van der Waals surface area contributed by atoms with Crippen LogP contribution in [-0.2, 0) is 20.7 Å². The van der Waals surface area contributed by atoms with Crippen LogP contribution >= 0.6 is 0 Å². The van der Waals surface area contributed by atoms with E-state index in [0.717, 1.165) is 12.0 Å². The van der Waals surface area contributed by atoms with Crippen LogP contribution in [0.2, 0.25) is 0 Å². The third-order valence-electron chi connectivity index (χ3n) is 4.45. The Balaban J connectivity index is 1.75. The van der Waals surface area contributed by atoms with Gasteiger partial charge in [0.2, 0.25) is 0 Å². The third kappa shape index (κ3) is 5.16. The highest BCUT2D eigenvalue weighted by atomic mass is 16.5. The van der Waals surface area contributed by atoms with Gasteiger partial charge in [0.15, 0.2) is 17.6 Å². The quantitative estimate of drug-likeness (QED) is 0.479. The number of hydrogen-bond donors (Lipinski definition) is 1. The number of tetrazole rings is 1. The number of benzene rings is 2. The number of anilines is 1. The molecule has 0 saturated heterocycles. The second-order valence-corrected chi connectivity index (χ2v) is 6.67. The highest BCUT2D eigenvalue weighted by molar-refractivity contribution is 6.16. The Morgan fingerprint density at radius 2 is 1.83 bits per heavy atom. The first-order valence-corrected chi connectivity index (χ1v) is 9.60. The molecule has 0 spiro atoms. The van der Waals surface area contributed by atoms with Crippen molar-refractivity contribution in [2.24, 2.45) is 0 Å². The second kappa shape index (κ2) is 9.60. The maximum absolute atomic E-state index is 12.9. The van der Waals surface area contributed by atoms with E-state index in [0.29, 0.717) is 11.5 Å². The molecule has 1 N–H and O–H groups in total. The molecule has 8 heteroatoms. The molecular weight excluding hydrogens is 382 g/mol. The lowest BCUT2D eigenvalue weighted by Crippen LogP contribution is -2.31. The summed E-state index contributed by atoms with van der Waals surface area (Å²) in [6.07, 6.45) is 1.51. The minimum Gasteiger partial charge on any atom is -0.448 e. The second-order valence-electron chi connectivity index (χ2n) is 6.67. The Morgan fingerprint density at radius 3 is 2.43 bits per heavy atom. The van der Waals surface area contributed by atoms with Crippen LogP contribution in [0.25, 0.3) is 11.8 Å². The van der Waals surface area contributed by atoms with Gasteiger partial charge in [0.25, 0.3) is 5.91 Å². The van der Waals surface area contributed by atoms with E-state index >= 15 is 0 Å². The molecule has 30 heavy (non-hydrogen) atoms. The molecule has 1 heterocycles. The first kappa shape index (κ1) is 20.9. The van der Waals surface area contributed by atoms with Crippen LogP contribution in [0.15, 0.2) is 54.6 Å². The first-order chi connectivity index (χ1) is 14.5. The number of nitrogens with zero attached hydrogens (tertiary/aromatic N) is 4. The zero-order valence-electron chi connectivity index (χ0n) is 17.1. The molecule has 3 aromatic rings. The minimum absolute atomic E-state index is 0.107. The van der Waals surface area contributed by atoms with Gasteiger partial charge in [-0.05, 0) is 60.0 Å². The Hall–Kier alpha value is -3.81. The van der Waals surface area contributed by atoms with Gasteiger partial charge in [0.1, 0.15) is 0 Å². The van der Waals surface area contributed by atoms with Gasteiger partial charge >= 0.3 is 5.97 Å². The number of aromatic nitrogens is 4. The SMILES string of the molecule is CCc1ccc(NC(=O)[C@@H](C)OC(=O)/C(=C/c2ccccc2)n2nnnc2C)cc1. The van der Waals surface area contributed by atoms with Crippen LogP contribution in [-0.4, -0.2) is 38.2 Å². The van der Waals surface area contributed by atoms with Gasteiger partial charge in [-0.3, -0.25) is 4.79 Å². The van der Waals surface area contributed by atoms with Gasteiger partial charge in [0.05, 0.1) is 0 Å². The summed E-state index contributed by atoms with van der Waals surface area (Å²) in [5.74, 6) is -0.722. The average molecular weight is 405 g/mol. The molecular formula is C22H23N5O3. The summed E-state index contributed by atoms with van der Waals surface area (Å²) in [4.78, 5) is 25.3. The lowest BCUT2D eigenvalue weighted by molar-refractivity contribution is -0.147. The van der Waals surface area contributed by atoms with Crippen LogP contribution in [0.3, 0.4) is 0 Å². The lowest BCUT2D eigenvalue weighted by Gasteiger charge is -2.15. The summed E-state index contributed by atoms with van der Waals surface area (Å²) in [5.41, 5.74) is 2.68. The van der Waals surface area contributed by atoms with Crippen molar-refractivity contribution < 1.29 is 14.3 Å². The number of carbonyl (C=O) groups is 2. The smallest absolute Gasteiger partial charge is 0.357 e. The fourth-order valence-corrected chi connectivity index (χ4v) is 2.71. The molecule has 1 aromatic heterocycles. The fraction of sp³-hybridized carbons (Fsp3) is 0.227. The largest absolute Gasteiger partial charge is 0.448 e. The molecule has 1 atom stereocenters. The van der Waals surface area contributed by atoms with Crippen molar-refractivity contribution in [1.82, 2.24) is 20.2 Å². The van der Waals surface area contributed by atoms with Crippen LogP contribution < -0.4 is 5.32 Å². The Kier molecular flexibility index (Phi) is 6.69. The summed E-state index contributed by atoms with van der Waals surface area (Å²) < 4.78 is 6.69. The molecule has 2 aromatic carbocycles. The molecule has 3 rings (SSSR count). The maximum atomic E-state index is 12.9. The fourth-order valence-electron chi connectivity index (χ4n) is 2.71. The van der Waals surface area contributed by atoms with Gasteiger partial charge in [-0.15, -0.1) is 5.10 Å². The normalized spacial score (nSPS) is 12.3. The van der Waals surface area contributed by atoms with E-state index in [1.54, 1.807) is 13.0 Å². The Labute approximate surface area is 174 Å². The number of amides is 1. The molecule has 0 radical (unpaired) electrons. The van der Waals surface area contributed by atoms with Crippen molar-refractivity contribution in [3.8, 4) is 0 Å². The van der Waals surface area contributed by atoms with E-state index in [4.69, 9.17) is 4.74 Å². The minimum atomic E-state index is -1.01. The molecule has 1 amide bonds. The van der Waals surface area contributed by atoms with E-state index in [9.17, 15) is 9.59 Å². The molecule has 154 valence electrons. The number of esters is 1. The highest BCUT2D eigenvalue weighted by Gasteiger charge is 2.23. The molecule has 8 nitrogen and oxygen atoms in total. The number of nitrogens with one attached hydrogen (secondary N) is 1. The van der Waals surface area contributed by atoms with E-state index in [1.165, 1.54) is 17.2 Å². The average Bonchev–Trinajstić information content (AvgIpc) is 3.18. The summed E-state index contributed by atoms with van der Waals surface area (Å²) in [7, 11) is 0. The van der Waals surface area contributed by atoms with Crippen LogP contribution in [0.1, 0.15) is 30.8 Å². The molecule has 0 fully saturated rings. The van der Waals surface area contributed by atoms with Crippen molar-refractivity contribution in [3.63, 3.8) is 0 Å². The highest BCUT2D eigenvalue weighted by Crippen LogP contribution is 2.16. The van der Waals surface area contributed by atoms with Gasteiger partial charge in [-0.1, -0.05) is 49.4 Å². The van der Waals surface area contributed by atoms with Crippen molar-refractivity contribution in [2.45, 2.75) is 33.3 Å². The van der Waals surface area contributed by atoms with Crippen molar-refractivity contribution in [2.75, 3.05) is 5.32 Å². The number of rotatable bonds is 7. The van der Waals surface area contributed by atoms with Crippen LogP contribution in [0, 0.1) is 6.92 Å². The summed E-state index contributed by atoms with van der Waals surface area (Å²) in [5, 5.41) is 14.0. The number of hydrogen-bond acceptors (Lipinski definition) is 6. The summed E-state index contributed by atoms with van der Waals surface area (Å²) in [6, 6.07) is 16.7. The first-order valence-electron chi connectivity index (χ1n) is 9.60. The summed E-state index contributed by atoms with van der Waals surface area (Å²) >= 11 is 0. The Bertz CT molecular complexity index is 1040. The molecule has 0 aliphatic heterocycles. The van der Waals surface area contributed by atoms with E-state index in [-0.39, 0.29) is 5.70 Å². The van der Waals surface area contributed by atoms with Crippen molar-refractivity contribution in [1.29, 1.82) is 0 Å². The topological polar surface area (TPSA) is 99.0 Å². The van der Waals surface area contributed by atoms with Crippen LogP contribution in [0.4, 0.5) is 5.69 Å². The third-order valence-corrected chi connectivity index (χ3v) is 4.45. The predicted octanol–water partition coefficient (Wildman–Crippen LogP) is 3.11. The van der Waals surface area contributed by atoms with E-state index in [2.05, 4.69) is 27.8 Å². The summed E-state index contributed by atoms with van der Waals surface area (Å²) in [6.45, 7) is 5.24. The van der Waals surface area contributed by atoms with Crippen molar-refractivity contribution in [3.05, 3.63) is 71.5 Å². The monoisotopic (exact) mass is 405 g/mol. The number of ether oxygens (including phenoxy) is 1. The number of carbonyl (C=O) groups excluding carboxylic acids is 2. The molecule has 0 unspecified atom stereocenters. The Morgan fingerprint density at radius 1 is 1.13 bits per heavy atom. The molecule has 0 aliphatic rings. The zero-order valence-corrected chi connectivity index (χ0v) is 17.1. The number of aryl methyl sites for hydroxylation is 2. The van der Waals surface area contributed by atoms with Crippen LogP contribution in [0.5, 0.6) is 0 Å². The van der Waals surface area contributed by atoms with Gasteiger partial charge in [-0.2, -0.15) is 4.68 Å². The molecule has 0 bridgehead atoms. The van der Waals surface area contributed by atoms with E-state index in [1.807, 2.05) is 54.6 Å². The van der Waals surface area contributed by atoms with Gasteiger partial charge < -0.3 is 10.1 Å². The van der Waals surface area contributed by atoms with Gasteiger partial charge in [0, 0.05) is 5.69 Å². The van der Waals surface area contributed by atoms with Gasteiger partial charge in [-0.25, -0.2) is 4.79 Å². The molecule has 0 aliphatic carbocycles. The standard InChI is InChI=1S/C22H23N5O3/c1-4-17-10-12-19(13-11-17)23-21(28)15(2)30-22(29)20(27-16(3)24-25-26-27)14-18-8-6-5-7-9-18/h5-15H,4H2,1-3H3,(H,23,28)/b20-14-/t15-/m1/s1. The zero-order chi connectivity index (χ0) is 21.5. The maximum Gasteiger partial charge on any atom is 0.357 e.